The number of hydrogen-bond acceptors (Lipinski definition) is 5. The van der Waals surface area contributed by atoms with Gasteiger partial charge in [-0.05, 0) is 30.4 Å². The molecule has 3 saturated heterocycles. The molecule has 0 bridgehead atoms. The van der Waals surface area contributed by atoms with Gasteiger partial charge in [-0.25, -0.2) is 4.79 Å². The average molecular weight is 448 g/mol. The zero-order valence-corrected chi connectivity index (χ0v) is 19.6. The zero-order chi connectivity index (χ0) is 23.1. The SMILES string of the molecule is Cc1cccc(CN2C(=O)C3C(NC4N(CCc5ccccc5)CC(C)CN34)N(C)C2=O)c1. The van der Waals surface area contributed by atoms with Gasteiger partial charge in [0.1, 0.15) is 18.5 Å². The van der Waals surface area contributed by atoms with E-state index in [0.717, 1.165) is 37.2 Å². The van der Waals surface area contributed by atoms with Gasteiger partial charge < -0.3 is 4.90 Å². The number of fused-ring (bicyclic) bond motifs is 3. The van der Waals surface area contributed by atoms with E-state index in [1.807, 2.05) is 37.3 Å². The number of imide groups is 1. The number of nitrogens with zero attached hydrogens (tertiary/aromatic N) is 4. The maximum absolute atomic E-state index is 13.7. The molecule has 5 rings (SSSR count). The van der Waals surface area contributed by atoms with Crippen LogP contribution in [-0.2, 0) is 17.8 Å². The summed E-state index contributed by atoms with van der Waals surface area (Å²) in [5.74, 6) is 0.343. The molecule has 174 valence electrons. The van der Waals surface area contributed by atoms with Gasteiger partial charge in [0.2, 0.25) is 0 Å². The second-order valence-corrected chi connectivity index (χ2v) is 9.77. The molecule has 0 saturated carbocycles. The molecule has 2 aromatic rings. The molecule has 0 radical (unpaired) electrons. The van der Waals surface area contributed by atoms with E-state index < -0.39 is 0 Å². The first-order valence-corrected chi connectivity index (χ1v) is 11.9. The van der Waals surface area contributed by atoms with Gasteiger partial charge in [0.05, 0.1) is 6.54 Å². The van der Waals surface area contributed by atoms with Crippen molar-refractivity contribution in [3.8, 4) is 0 Å². The van der Waals surface area contributed by atoms with Crippen LogP contribution in [0, 0.1) is 12.8 Å². The number of amides is 3. The second kappa shape index (κ2) is 8.89. The minimum Gasteiger partial charge on any atom is -0.310 e. The van der Waals surface area contributed by atoms with Gasteiger partial charge in [0.25, 0.3) is 5.91 Å². The maximum atomic E-state index is 13.7. The Hall–Kier alpha value is -2.74. The number of aryl methyl sites for hydroxylation is 1. The Kier molecular flexibility index (Phi) is 5.95. The monoisotopic (exact) mass is 447 g/mol. The molecule has 4 unspecified atom stereocenters. The van der Waals surface area contributed by atoms with Gasteiger partial charge in [-0.3, -0.25) is 24.8 Å². The topological polar surface area (TPSA) is 59.1 Å². The van der Waals surface area contributed by atoms with Crippen molar-refractivity contribution in [2.45, 2.75) is 45.3 Å². The normalized spacial score (nSPS) is 28.2. The fraction of sp³-hybridized carbons (Fsp3) is 0.462. The number of carbonyl (C=O) groups excluding carboxylic acids is 2. The Morgan fingerprint density at radius 2 is 1.76 bits per heavy atom. The van der Waals surface area contributed by atoms with Crippen molar-refractivity contribution < 1.29 is 9.59 Å². The summed E-state index contributed by atoms with van der Waals surface area (Å²) in [5, 5.41) is 3.62. The number of rotatable bonds is 5. The highest BCUT2D eigenvalue weighted by Crippen LogP contribution is 2.32. The lowest BCUT2D eigenvalue weighted by Gasteiger charge is -2.45. The highest BCUT2D eigenvalue weighted by Gasteiger charge is 2.56. The van der Waals surface area contributed by atoms with Crippen molar-refractivity contribution in [2.24, 2.45) is 5.92 Å². The number of nitrogens with one attached hydrogen (secondary N) is 1. The van der Waals surface area contributed by atoms with E-state index >= 15 is 0 Å². The van der Waals surface area contributed by atoms with E-state index in [-0.39, 0.29) is 30.4 Å². The molecule has 0 aromatic heterocycles. The summed E-state index contributed by atoms with van der Waals surface area (Å²) >= 11 is 0. The fourth-order valence-corrected chi connectivity index (χ4v) is 5.55. The molecular formula is C26H33N5O2. The molecule has 1 N–H and O–H groups in total. The third kappa shape index (κ3) is 4.16. The minimum absolute atomic E-state index is 0.0435. The Morgan fingerprint density at radius 3 is 2.52 bits per heavy atom. The van der Waals surface area contributed by atoms with Crippen LogP contribution in [0.2, 0.25) is 0 Å². The predicted octanol–water partition coefficient (Wildman–Crippen LogP) is 2.47. The van der Waals surface area contributed by atoms with Crippen molar-refractivity contribution in [3.63, 3.8) is 0 Å². The highest BCUT2D eigenvalue weighted by molar-refractivity contribution is 6.00. The lowest BCUT2D eigenvalue weighted by Crippen LogP contribution is -2.66. The largest absolute Gasteiger partial charge is 0.328 e. The summed E-state index contributed by atoms with van der Waals surface area (Å²) in [6.45, 7) is 7.29. The second-order valence-electron chi connectivity index (χ2n) is 9.77. The lowest BCUT2D eigenvalue weighted by molar-refractivity contribution is -0.141. The van der Waals surface area contributed by atoms with E-state index in [1.165, 1.54) is 10.5 Å². The van der Waals surface area contributed by atoms with Gasteiger partial charge in [-0.1, -0.05) is 67.1 Å². The summed E-state index contributed by atoms with van der Waals surface area (Å²) in [5.41, 5.74) is 3.41. The van der Waals surface area contributed by atoms with E-state index in [4.69, 9.17) is 0 Å². The summed E-state index contributed by atoms with van der Waals surface area (Å²) < 4.78 is 0. The molecule has 0 spiro atoms. The van der Waals surface area contributed by atoms with Crippen LogP contribution in [0.3, 0.4) is 0 Å². The molecule has 3 aliphatic heterocycles. The van der Waals surface area contributed by atoms with E-state index in [9.17, 15) is 9.59 Å². The van der Waals surface area contributed by atoms with Crippen LogP contribution in [0.1, 0.15) is 23.6 Å². The van der Waals surface area contributed by atoms with Crippen LogP contribution in [0.15, 0.2) is 54.6 Å². The molecule has 2 aromatic carbocycles. The number of hydrogen-bond donors (Lipinski definition) is 1. The number of likely N-dealkylation sites (N-methyl/N-ethyl adjacent to an activating group) is 1. The smallest absolute Gasteiger partial charge is 0.310 e. The van der Waals surface area contributed by atoms with Gasteiger partial charge in [0, 0.05) is 26.7 Å². The van der Waals surface area contributed by atoms with Crippen molar-refractivity contribution in [1.29, 1.82) is 0 Å². The van der Waals surface area contributed by atoms with Crippen LogP contribution in [0.5, 0.6) is 0 Å². The first-order chi connectivity index (χ1) is 15.9. The Morgan fingerprint density at radius 1 is 1.00 bits per heavy atom. The molecule has 3 amide bonds. The van der Waals surface area contributed by atoms with Gasteiger partial charge in [0.15, 0.2) is 0 Å². The van der Waals surface area contributed by atoms with Gasteiger partial charge in [-0.2, -0.15) is 0 Å². The lowest BCUT2D eigenvalue weighted by atomic mass is 10.0. The quantitative estimate of drug-likeness (QED) is 0.763. The predicted molar refractivity (Wildman–Crippen MR) is 127 cm³/mol. The standard InChI is InChI=1S/C26H33N5O2/c1-18-8-7-11-21(14-18)17-31-24(32)22-23(28(3)26(31)33)27-25-29(15-19(2)16-30(22)25)13-12-20-9-5-4-6-10-20/h4-11,14,19,22-23,25,27H,12-13,15-17H2,1-3H3. The van der Waals surface area contributed by atoms with Crippen LogP contribution in [-0.4, -0.2) is 76.7 Å². The van der Waals surface area contributed by atoms with Crippen molar-refractivity contribution in [2.75, 3.05) is 26.7 Å². The molecule has 4 atom stereocenters. The number of carbonyl (C=O) groups is 2. The maximum Gasteiger partial charge on any atom is 0.328 e. The summed E-state index contributed by atoms with van der Waals surface area (Å²) in [6, 6.07) is 17.9. The fourth-order valence-electron chi connectivity index (χ4n) is 5.55. The molecule has 3 aliphatic rings. The molecular weight excluding hydrogens is 414 g/mol. The molecule has 7 heteroatoms. The summed E-state index contributed by atoms with van der Waals surface area (Å²) in [7, 11) is 1.80. The van der Waals surface area contributed by atoms with Crippen LogP contribution in [0.25, 0.3) is 0 Å². The number of benzene rings is 2. The first-order valence-electron chi connectivity index (χ1n) is 11.9. The van der Waals surface area contributed by atoms with Crippen molar-refractivity contribution >= 4 is 11.9 Å². The molecule has 0 aliphatic carbocycles. The van der Waals surface area contributed by atoms with E-state index in [1.54, 1.807) is 11.9 Å². The molecule has 33 heavy (non-hydrogen) atoms. The first kappa shape index (κ1) is 22.1. The van der Waals surface area contributed by atoms with Crippen LogP contribution < -0.4 is 5.32 Å². The number of urea groups is 1. The Bertz CT molecular complexity index is 1030. The van der Waals surface area contributed by atoms with Crippen molar-refractivity contribution in [3.05, 3.63) is 71.3 Å². The molecule has 3 heterocycles. The van der Waals surface area contributed by atoms with Gasteiger partial charge >= 0.3 is 6.03 Å². The summed E-state index contributed by atoms with van der Waals surface area (Å²) in [4.78, 5) is 34.7. The Balaban J connectivity index is 1.36. The third-order valence-electron chi connectivity index (χ3n) is 7.13. The van der Waals surface area contributed by atoms with Gasteiger partial charge in [-0.15, -0.1) is 0 Å². The summed E-state index contributed by atoms with van der Waals surface area (Å²) in [6.07, 6.45) is 0.600. The van der Waals surface area contributed by atoms with Crippen molar-refractivity contribution in [1.82, 2.24) is 24.9 Å². The molecule has 3 fully saturated rings. The van der Waals surface area contributed by atoms with E-state index in [2.05, 4.69) is 46.3 Å². The van der Waals surface area contributed by atoms with Crippen LogP contribution in [0.4, 0.5) is 4.79 Å². The molecule has 7 nitrogen and oxygen atoms in total. The Labute approximate surface area is 195 Å². The van der Waals surface area contributed by atoms with E-state index in [0.29, 0.717) is 12.5 Å². The minimum atomic E-state index is -0.371. The highest BCUT2D eigenvalue weighted by atomic mass is 16.2. The zero-order valence-electron chi connectivity index (χ0n) is 19.6. The third-order valence-corrected chi connectivity index (χ3v) is 7.13. The van der Waals surface area contributed by atoms with Crippen LogP contribution >= 0.6 is 0 Å². The average Bonchev–Trinajstić information content (AvgIpc) is 3.19.